The first-order valence-corrected chi connectivity index (χ1v) is 6.04. The second-order valence-corrected chi connectivity index (χ2v) is 5.28. The Morgan fingerprint density at radius 1 is 1.50 bits per heavy atom. The molecule has 0 bridgehead atoms. The summed E-state index contributed by atoms with van der Waals surface area (Å²) in [7, 11) is 1.96. The molecular formula is C11H16N4S. The molecule has 0 amide bonds. The maximum atomic E-state index is 6.14. The molecule has 0 aromatic carbocycles. The van der Waals surface area contributed by atoms with Gasteiger partial charge in [0.05, 0.1) is 28.8 Å². The lowest BCUT2D eigenvalue weighted by Crippen LogP contribution is -2.16. The highest BCUT2D eigenvalue weighted by molar-refractivity contribution is 7.11. The van der Waals surface area contributed by atoms with Gasteiger partial charge in [-0.1, -0.05) is 0 Å². The van der Waals surface area contributed by atoms with Crippen molar-refractivity contribution in [2.75, 3.05) is 0 Å². The summed E-state index contributed by atoms with van der Waals surface area (Å²) < 4.78 is 1.96. The molecule has 5 heteroatoms. The molecule has 0 saturated heterocycles. The first-order chi connectivity index (χ1) is 7.58. The maximum Gasteiger partial charge on any atom is 0.0950 e. The van der Waals surface area contributed by atoms with E-state index in [2.05, 4.69) is 16.9 Å². The van der Waals surface area contributed by atoms with E-state index in [1.165, 1.54) is 4.88 Å². The van der Waals surface area contributed by atoms with E-state index in [0.29, 0.717) is 0 Å². The van der Waals surface area contributed by atoms with E-state index in [0.717, 1.165) is 22.8 Å². The Morgan fingerprint density at radius 3 is 2.75 bits per heavy atom. The van der Waals surface area contributed by atoms with Crippen molar-refractivity contribution in [2.45, 2.75) is 26.3 Å². The molecule has 2 heterocycles. The molecule has 2 aromatic rings. The molecule has 0 fully saturated rings. The molecule has 2 N–H and O–H groups in total. The van der Waals surface area contributed by atoms with Crippen molar-refractivity contribution in [3.63, 3.8) is 0 Å². The van der Waals surface area contributed by atoms with Crippen molar-refractivity contribution >= 4 is 11.3 Å². The van der Waals surface area contributed by atoms with Crippen LogP contribution in [0.25, 0.3) is 0 Å². The van der Waals surface area contributed by atoms with E-state index >= 15 is 0 Å². The Labute approximate surface area is 99.2 Å². The first kappa shape index (κ1) is 11.3. The smallest absolute Gasteiger partial charge is 0.0950 e. The molecule has 0 aliphatic heterocycles. The van der Waals surface area contributed by atoms with Gasteiger partial charge in [0.1, 0.15) is 0 Å². The van der Waals surface area contributed by atoms with Gasteiger partial charge in [0, 0.05) is 24.5 Å². The van der Waals surface area contributed by atoms with E-state index in [4.69, 9.17) is 5.73 Å². The van der Waals surface area contributed by atoms with Crippen molar-refractivity contribution in [1.82, 2.24) is 14.5 Å². The summed E-state index contributed by atoms with van der Waals surface area (Å²) in [6, 6.07) is -0.0301. The zero-order chi connectivity index (χ0) is 11.7. The normalized spacial score (nSPS) is 13.0. The minimum atomic E-state index is -0.0301. The van der Waals surface area contributed by atoms with Crippen LogP contribution in [0, 0.1) is 13.8 Å². The van der Waals surface area contributed by atoms with Crippen LogP contribution in [0.3, 0.4) is 0 Å². The van der Waals surface area contributed by atoms with Gasteiger partial charge in [-0.15, -0.1) is 11.3 Å². The minimum absolute atomic E-state index is 0.0301. The largest absolute Gasteiger partial charge is 0.336 e. The summed E-state index contributed by atoms with van der Waals surface area (Å²) in [5.41, 5.74) is 8.29. The molecule has 0 saturated carbocycles. The van der Waals surface area contributed by atoms with Gasteiger partial charge in [-0.05, 0) is 13.8 Å². The number of hydrogen-bond acceptors (Lipinski definition) is 4. The topological polar surface area (TPSA) is 56.7 Å². The van der Waals surface area contributed by atoms with E-state index in [1.54, 1.807) is 17.7 Å². The average Bonchev–Trinajstić information content (AvgIpc) is 2.74. The molecule has 16 heavy (non-hydrogen) atoms. The number of hydrogen-bond donors (Lipinski definition) is 1. The fourth-order valence-electron chi connectivity index (χ4n) is 1.64. The van der Waals surface area contributed by atoms with Gasteiger partial charge in [0.2, 0.25) is 0 Å². The Bertz CT molecular complexity index is 466. The first-order valence-electron chi connectivity index (χ1n) is 5.22. The number of nitrogens with two attached hydrogens (primary N) is 1. The SMILES string of the molecule is Cc1nc(CC(N)c2cncn2C)sc1C. The van der Waals surface area contributed by atoms with Gasteiger partial charge < -0.3 is 10.3 Å². The average molecular weight is 236 g/mol. The Kier molecular flexibility index (Phi) is 3.07. The van der Waals surface area contributed by atoms with Gasteiger partial charge >= 0.3 is 0 Å². The molecular weight excluding hydrogens is 220 g/mol. The maximum absolute atomic E-state index is 6.14. The lowest BCUT2D eigenvalue weighted by Gasteiger charge is -2.09. The summed E-state index contributed by atoms with van der Waals surface area (Å²) >= 11 is 1.73. The molecule has 0 aliphatic carbocycles. The molecule has 2 aromatic heterocycles. The standard InChI is InChI=1S/C11H16N4S/c1-7-8(2)16-11(14-7)4-9(12)10-5-13-6-15(10)3/h5-6,9H,4,12H2,1-3H3. The molecule has 0 spiro atoms. The number of aromatic nitrogens is 3. The van der Waals surface area contributed by atoms with Gasteiger partial charge in [-0.25, -0.2) is 9.97 Å². The van der Waals surface area contributed by atoms with Crippen LogP contribution in [0.2, 0.25) is 0 Å². The van der Waals surface area contributed by atoms with Crippen LogP contribution < -0.4 is 5.73 Å². The summed E-state index contributed by atoms with van der Waals surface area (Å²) in [5, 5.41) is 1.10. The Balaban J connectivity index is 2.13. The van der Waals surface area contributed by atoms with E-state index < -0.39 is 0 Å². The molecule has 4 nitrogen and oxygen atoms in total. The van der Waals surface area contributed by atoms with Crippen LogP contribution in [-0.2, 0) is 13.5 Å². The third-order valence-electron chi connectivity index (χ3n) is 2.70. The second-order valence-electron chi connectivity index (χ2n) is 3.99. The fourth-order valence-corrected chi connectivity index (χ4v) is 2.64. The van der Waals surface area contributed by atoms with Gasteiger partial charge in [0.15, 0.2) is 0 Å². The van der Waals surface area contributed by atoms with Crippen molar-refractivity contribution < 1.29 is 0 Å². The summed E-state index contributed by atoms with van der Waals surface area (Å²) in [5.74, 6) is 0. The third kappa shape index (κ3) is 2.15. The van der Waals surface area contributed by atoms with Crippen LogP contribution in [0.5, 0.6) is 0 Å². The highest BCUT2D eigenvalue weighted by Gasteiger charge is 2.13. The predicted molar refractivity (Wildman–Crippen MR) is 65.4 cm³/mol. The van der Waals surface area contributed by atoms with Gasteiger partial charge in [0.25, 0.3) is 0 Å². The van der Waals surface area contributed by atoms with E-state index in [1.807, 2.05) is 24.7 Å². The number of aryl methyl sites for hydroxylation is 3. The summed E-state index contributed by atoms with van der Waals surface area (Å²) in [6.45, 7) is 4.12. The number of thiazole rings is 1. The van der Waals surface area contributed by atoms with Crippen LogP contribution >= 0.6 is 11.3 Å². The zero-order valence-electron chi connectivity index (χ0n) is 9.77. The second kappa shape index (κ2) is 4.35. The van der Waals surface area contributed by atoms with Crippen molar-refractivity contribution in [3.05, 3.63) is 33.8 Å². The molecule has 0 aliphatic rings. The van der Waals surface area contributed by atoms with Crippen molar-refractivity contribution in [2.24, 2.45) is 12.8 Å². The summed E-state index contributed by atoms with van der Waals surface area (Å²) in [4.78, 5) is 9.84. The van der Waals surface area contributed by atoms with Crippen LogP contribution in [0.1, 0.15) is 27.3 Å². The quantitative estimate of drug-likeness (QED) is 0.883. The summed E-state index contributed by atoms with van der Waals surface area (Å²) in [6.07, 6.45) is 4.37. The fraction of sp³-hybridized carbons (Fsp3) is 0.455. The highest BCUT2D eigenvalue weighted by atomic mass is 32.1. The predicted octanol–water partition coefficient (Wildman–Crippen LogP) is 1.74. The van der Waals surface area contributed by atoms with E-state index in [-0.39, 0.29) is 6.04 Å². The lowest BCUT2D eigenvalue weighted by atomic mass is 10.2. The van der Waals surface area contributed by atoms with E-state index in [9.17, 15) is 0 Å². The Morgan fingerprint density at radius 2 is 2.25 bits per heavy atom. The lowest BCUT2D eigenvalue weighted by molar-refractivity contribution is 0.653. The van der Waals surface area contributed by atoms with Gasteiger partial charge in [-0.2, -0.15) is 0 Å². The molecule has 86 valence electrons. The molecule has 0 radical (unpaired) electrons. The van der Waals surface area contributed by atoms with Gasteiger partial charge in [-0.3, -0.25) is 0 Å². The molecule has 1 unspecified atom stereocenters. The third-order valence-corrected chi connectivity index (χ3v) is 3.80. The molecule has 1 atom stereocenters. The van der Waals surface area contributed by atoms with Crippen LogP contribution in [0.4, 0.5) is 0 Å². The van der Waals surface area contributed by atoms with Crippen molar-refractivity contribution in [3.8, 4) is 0 Å². The zero-order valence-corrected chi connectivity index (χ0v) is 10.6. The number of rotatable bonds is 3. The minimum Gasteiger partial charge on any atom is -0.336 e. The van der Waals surface area contributed by atoms with Crippen molar-refractivity contribution in [1.29, 1.82) is 0 Å². The monoisotopic (exact) mass is 236 g/mol. The Hall–Kier alpha value is -1.20. The number of nitrogens with zero attached hydrogens (tertiary/aromatic N) is 3. The number of imidazole rings is 1. The van der Waals surface area contributed by atoms with Crippen LogP contribution in [-0.4, -0.2) is 14.5 Å². The molecule has 2 rings (SSSR count). The van der Waals surface area contributed by atoms with Crippen LogP contribution in [0.15, 0.2) is 12.5 Å². The highest BCUT2D eigenvalue weighted by Crippen LogP contribution is 2.21.